The fourth-order valence-electron chi connectivity index (χ4n) is 2.20. The molecule has 1 aliphatic rings. The van der Waals surface area contributed by atoms with Crippen molar-refractivity contribution in [3.63, 3.8) is 0 Å². The van der Waals surface area contributed by atoms with E-state index in [0.29, 0.717) is 19.6 Å². The maximum Gasteiger partial charge on any atom is 0.309 e. The first-order valence-corrected chi connectivity index (χ1v) is 6.83. The first kappa shape index (κ1) is 15.0. The van der Waals surface area contributed by atoms with Gasteiger partial charge in [0.25, 0.3) is 0 Å². The Morgan fingerprint density at radius 2 is 1.94 bits per heavy atom. The number of nitrogens with zero attached hydrogens (tertiary/aromatic N) is 1. The van der Waals surface area contributed by atoms with Crippen LogP contribution in [0, 0.1) is 5.92 Å². The predicted octanol–water partition coefficient (Wildman–Crippen LogP) is 0.788. The van der Waals surface area contributed by atoms with Crippen LogP contribution in [-0.2, 0) is 14.3 Å². The highest BCUT2D eigenvalue weighted by Crippen LogP contribution is 2.18. The van der Waals surface area contributed by atoms with Crippen LogP contribution in [0.25, 0.3) is 0 Å². The van der Waals surface area contributed by atoms with Crippen LogP contribution in [-0.4, -0.2) is 49.6 Å². The highest BCUT2D eigenvalue weighted by Gasteiger charge is 2.25. The van der Waals surface area contributed by atoms with E-state index in [9.17, 15) is 9.59 Å². The molecule has 0 aliphatic carbocycles. The number of ether oxygens (including phenoxy) is 1. The molecule has 1 saturated heterocycles. The van der Waals surface area contributed by atoms with E-state index in [2.05, 4.69) is 10.2 Å². The standard InChI is InChI=1S/C13H24N2O3/c1-3-14-12(16)7-10-15-8-5-11(6-9-15)13(17)18-4-2/h11H,3-10H2,1-2H3,(H,14,16). The molecule has 0 aromatic rings. The molecule has 1 aliphatic heterocycles. The number of amides is 1. The third-order valence-corrected chi connectivity index (χ3v) is 3.24. The van der Waals surface area contributed by atoms with Crippen LogP contribution in [0.4, 0.5) is 0 Å². The van der Waals surface area contributed by atoms with Gasteiger partial charge in [0.15, 0.2) is 0 Å². The zero-order valence-corrected chi connectivity index (χ0v) is 11.4. The third-order valence-electron chi connectivity index (χ3n) is 3.24. The minimum Gasteiger partial charge on any atom is -0.466 e. The molecular formula is C13H24N2O3. The molecular weight excluding hydrogens is 232 g/mol. The number of carbonyl (C=O) groups is 2. The van der Waals surface area contributed by atoms with E-state index in [-0.39, 0.29) is 17.8 Å². The number of carbonyl (C=O) groups excluding carboxylic acids is 2. The smallest absolute Gasteiger partial charge is 0.309 e. The Morgan fingerprint density at radius 3 is 2.50 bits per heavy atom. The molecule has 0 saturated carbocycles. The molecule has 5 nitrogen and oxygen atoms in total. The van der Waals surface area contributed by atoms with Crippen molar-refractivity contribution in [1.29, 1.82) is 0 Å². The van der Waals surface area contributed by atoms with Crippen LogP contribution in [0.5, 0.6) is 0 Å². The normalized spacial score (nSPS) is 17.4. The highest BCUT2D eigenvalue weighted by atomic mass is 16.5. The topological polar surface area (TPSA) is 58.6 Å². The van der Waals surface area contributed by atoms with Gasteiger partial charge in [-0.25, -0.2) is 0 Å². The van der Waals surface area contributed by atoms with Gasteiger partial charge in [-0.1, -0.05) is 0 Å². The molecule has 1 N–H and O–H groups in total. The van der Waals surface area contributed by atoms with Gasteiger partial charge in [-0.05, 0) is 39.8 Å². The van der Waals surface area contributed by atoms with Crippen molar-refractivity contribution in [2.75, 3.05) is 32.8 Å². The Bertz CT molecular complexity index is 273. The third kappa shape index (κ3) is 5.04. The lowest BCUT2D eigenvalue weighted by Gasteiger charge is -2.30. The summed E-state index contributed by atoms with van der Waals surface area (Å²) >= 11 is 0. The molecule has 1 fully saturated rings. The molecule has 104 valence electrons. The van der Waals surface area contributed by atoms with Gasteiger partial charge in [0.2, 0.25) is 5.91 Å². The summed E-state index contributed by atoms with van der Waals surface area (Å²) in [4.78, 5) is 25.1. The summed E-state index contributed by atoms with van der Waals surface area (Å²) in [7, 11) is 0. The van der Waals surface area contributed by atoms with E-state index in [1.807, 2.05) is 13.8 Å². The van der Waals surface area contributed by atoms with Crippen LogP contribution in [0.2, 0.25) is 0 Å². The average Bonchev–Trinajstić information content (AvgIpc) is 2.37. The van der Waals surface area contributed by atoms with Gasteiger partial charge in [0.1, 0.15) is 0 Å². The van der Waals surface area contributed by atoms with Gasteiger partial charge in [0, 0.05) is 19.5 Å². The summed E-state index contributed by atoms with van der Waals surface area (Å²) in [6.45, 7) is 7.43. The molecule has 0 unspecified atom stereocenters. The van der Waals surface area contributed by atoms with Crippen molar-refractivity contribution < 1.29 is 14.3 Å². The number of nitrogens with one attached hydrogen (secondary N) is 1. The number of hydrogen-bond acceptors (Lipinski definition) is 4. The molecule has 0 spiro atoms. The average molecular weight is 256 g/mol. The molecule has 0 aromatic heterocycles. The minimum atomic E-state index is -0.0686. The van der Waals surface area contributed by atoms with Gasteiger partial charge in [-0.3, -0.25) is 9.59 Å². The van der Waals surface area contributed by atoms with E-state index >= 15 is 0 Å². The monoisotopic (exact) mass is 256 g/mol. The van der Waals surface area contributed by atoms with Crippen molar-refractivity contribution >= 4 is 11.9 Å². The van der Waals surface area contributed by atoms with Crippen LogP contribution in [0.1, 0.15) is 33.1 Å². The predicted molar refractivity (Wildman–Crippen MR) is 69.1 cm³/mol. The maximum atomic E-state index is 11.6. The fourth-order valence-corrected chi connectivity index (χ4v) is 2.20. The molecule has 0 radical (unpaired) electrons. The van der Waals surface area contributed by atoms with Crippen LogP contribution in [0.15, 0.2) is 0 Å². The van der Waals surface area contributed by atoms with E-state index in [1.165, 1.54) is 0 Å². The van der Waals surface area contributed by atoms with Gasteiger partial charge in [-0.15, -0.1) is 0 Å². The second kappa shape index (κ2) is 8.08. The Kier molecular flexibility index (Phi) is 6.72. The summed E-state index contributed by atoms with van der Waals surface area (Å²) in [6, 6.07) is 0. The van der Waals surface area contributed by atoms with Crippen molar-refractivity contribution in [1.82, 2.24) is 10.2 Å². The van der Waals surface area contributed by atoms with Crippen LogP contribution in [0.3, 0.4) is 0 Å². The number of esters is 1. The quantitative estimate of drug-likeness (QED) is 0.714. The molecule has 0 aromatic carbocycles. The second-order valence-corrected chi connectivity index (χ2v) is 4.57. The Labute approximate surface area is 109 Å². The van der Waals surface area contributed by atoms with Crippen molar-refractivity contribution in [2.24, 2.45) is 5.92 Å². The summed E-state index contributed by atoms with van der Waals surface area (Å²) in [5.41, 5.74) is 0. The summed E-state index contributed by atoms with van der Waals surface area (Å²) in [5.74, 6) is 0.0801. The molecule has 0 bridgehead atoms. The molecule has 1 amide bonds. The second-order valence-electron chi connectivity index (χ2n) is 4.57. The first-order valence-electron chi connectivity index (χ1n) is 6.83. The SMILES string of the molecule is CCNC(=O)CCN1CCC(C(=O)OCC)CC1. The molecule has 1 heterocycles. The number of piperidine rings is 1. The van der Waals surface area contributed by atoms with Crippen LogP contribution >= 0.6 is 0 Å². The fraction of sp³-hybridized carbons (Fsp3) is 0.846. The zero-order chi connectivity index (χ0) is 13.4. The van der Waals surface area contributed by atoms with Gasteiger partial charge in [0.05, 0.1) is 12.5 Å². The molecule has 0 atom stereocenters. The number of likely N-dealkylation sites (tertiary alicyclic amines) is 1. The highest BCUT2D eigenvalue weighted by molar-refractivity contribution is 5.76. The number of hydrogen-bond donors (Lipinski definition) is 1. The van der Waals surface area contributed by atoms with Gasteiger partial charge >= 0.3 is 5.97 Å². The molecule has 1 rings (SSSR count). The van der Waals surface area contributed by atoms with E-state index < -0.39 is 0 Å². The van der Waals surface area contributed by atoms with E-state index in [4.69, 9.17) is 4.74 Å². The number of rotatable bonds is 6. The lowest BCUT2D eigenvalue weighted by Crippen LogP contribution is -2.39. The summed E-state index contributed by atoms with van der Waals surface area (Å²) in [5, 5.41) is 2.79. The van der Waals surface area contributed by atoms with E-state index in [0.717, 1.165) is 32.5 Å². The Morgan fingerprint density at radius 1 is 1.28 bits per heavy atom. The first-order chi connectivity index (χ1) is 8.67. The van der Waals surface area contributed by atoms with Gasteiger partial charge < -0.3 is 15.0 Å². The van der Waals surface area contributed by atoms with Gasteiger partial charge in [-0.2, -0.15) is 0 Å². The van der Waals surface area contributed by atoms with E-state index in [1.54, 1.807) is 0 Å². The Hall–Kier alpha value is -1.10. The molecule has 5 heteroatoms. The Balaban J connectivity index is 2.19. The van der Waals surface area contributed by atoms with Crippen LogP contribution < -0.4 is 5.32 Å². The minimum absolute atomic E-state index is 0.0469. The largest absolute Gasteiger partial charge is 0.466 e. The summed E-state index contributed by atoms with van der Waals surface area (Å²) < 4.78 is 5.03. The maximum absolute atomic E-state index is 11.6. The molecule has 18 heavy (non-hydrogen) atoms. The zero-order valence-electron chi connectivity index (χ0n) is 11.4. The lowest BCUT2D eigenvalue weighted by molar-refractivity contribution is -0.149. The van der Waals surface area contributed by atoms with Crippen molar-refractivity contribution in [2.45, 2.75) is 33.1 Å². The lowest BCUT2D eigenvalue weighted by atomic mass is 9.97. The van der Waals surface area contributed by atoms with Crippen molar-refractivity contribution in [3.05, 3.63) is 0 Å². The summed E-state index contributed by atoms with van der Waals surface area (Å²) in [6.07, 6.45) is 2.22. The van der Waals surface area contributed by atoms with Crippen molar-refractivity contribution in [3.8, 4) is 0 Å².